The number of hydrogen-bond acceptors (Lipinski definition) is 4. The van der Waals surface area contributed by atoms with Gasteiger partial charge in [-0.2, -0.15) is 0 Å². The quantitative estimate of drug-likeness (QED) is 0.821. The minimum Gasteiger partial charge on any atom is -0.370 e. The van der Waals surface area contributed by atoms with E-state index in [-0.39, 0.29) is 0 Å². The van der Waals surface area contributed by atoms with Crippen LogP contribution in [-0.4, -0.2) is 23.1 Å². The molecule has 0 bridgehead atoms. The van der Waals surface area contributed by atoms with Crippen LogP contribution in [0.1, 0.15) is 64.9 Å². The number of nitrogens with zero attached hydrogens (tertiary/aromatic N) is 2. The summed E-state index contributed by atoms with van der Waals surface area (Å²) in [5, 5.41) is 6.96. The van der Waals surface area contributed by atoms with E-state index in [4.69, 9.17) is 0 Å². The first kappa shape index (κ1) is 16.1. The molecule has 1 saturated carbocycles. The zero-order valence-electron chi connectivity index (χ0n) is 13.9. The molecule has 2 atom stereocenters. The molecule has 0 aromatic carbocycles. The molecular weight excluding hydrogens is 260 g/mol. The highest BCUT2D eigenvalue weighted by atomic mass is 15.1. The van der Waals surface area contributed by atoms with Crippen molar-refractivity contribution in [1.29, 1.82) is 0 Å². The summed E-state index contributed by atoms with van der Waals surface area (Å²) in [5.74, 6) is 3.99. The average molecular weight is 290 g/mol. The Morgan fingerprint density at radius 1 is 1.14 bits per heavy atom. The van der Waals surface area contributed by atoms with E-state index in [1.807, 2.05) is 0 Å². The van der Waals surface area contributed by atoms with Crippen LogP contribution in [0.25, 0.3) is 0 Å². The van der Waals surface area contributed by atoms with Gasteiger partial charge >= 0.3 is 0 Å². The predicted molar refractivity (Wildman–Crippen MR) is 89.9 cm³/mol. The van der Waals surface area contributed by atoms with Gasteiger partial charge in [0, 0.05) is 18.7 Å². The second-order valence-corrected chi connectivity index (χ2v) is 6.57. The molecule has 4 heteroatoms. The molecule has 2 N–H and O–H groups in total. The summed E-state index contributed by atoms with van der Waals surface area (Å²) in [5.41, 5.74) is 1.21. The monoisotopic (exact) mass is 290 g/mol. The van der Waals surface area contributed by atoms with Crippen LogP contribution in [0.5, 0.6) is 0 Å². The van der Waals surface area contributed by atoms with Crippen molar-refractivity contribution in [3.8, 4) is 0 Å². The van der Waals surface area contributed by atoms with E-state index in [0.717, 1.165) is 36.6 Å². The van der Waals surface area contributed by atoms with E-state index >= 15 is 0 Å². The smallest absolute Gasteiger partial charge is 0.134 e. The molecule has 0 amide bonds. The Hall–Kier alpha value is -1.32. The van der Waals surface area contributed by atoms with Crippen molar-refractivity contribution < 1.29 is 0 Å². The van der Waals surface area contributed by atoms with Crippen molar-refractivity contribution in [3.63, 3.8) is 0 Å². The Kier molecular flexibility index (Phi) is 5.83. The standard InChI is InChI=1S/C17H30N4/c1-5-18-16-15(12(2)3)17(21-11-20-16)19-10-14-9-7-6-8-13(14)4/h11-14H,5-10H2,1-4H3,(H2,18,19,20,21). The number of hydrogen-bond donors (Lipinski definition) is 2. The topological polar surface area (TPSA) is 49.8 Å². The van der Waals surface area contributed by atoms with Crippen LogP contribution >= 0.6 is 0 Å². The molecule has 1 aromatic heterocycles. The highest BCUT2D eigenvalue weighted by Crippen LogP contribution is 2.32. The van der Waals surface area contributed by atoms with Crippen molar-refractivity contribution in [1.82, 2.24) is 9.97 Å². The molecule has 1 aliphatic rings. The van der Waals surface area contributed by atoms with Crippen LogP contribution in [0.2, 0.25) is 0 Å². The first-order chi connectivity index (χ1) is 10.1. The van der Waals surface area contributed by atoms with Crippen LogP contribution < -0.4 is 10.6 Å². The van der Waals surface area contributed by atoms with Crippen LogP contribution in [0.15, 0.2) is 6.33 Å². The average Bonchev–Trinajstić information content (AvgIpc) is 2.46. The first-order valence-corrected chi connectivity index (χ1v) is 8.46. The maximum atomic E-state index is 4.49. The second-order valence-electron chi connectivity index (χ2n) is 6.57. The zero-order chi connectivity index (χ0) is 15.2. The molecule has 21 heavy (non-hydrogen) atoms. The molecule has 0 spiro atoms. The summed E-state index contributed by atoms with van der Waals surface area (Å²) in [6.45, 7) is 10.8. The van der Waals surface area contributed by atoms with Crippen molar-refractivity contribution in [2.24, 2.45) is 11.8 Å². The molecule has 1 fully saturated rings. The molecule has 0 aliphatic heterocycles. The third kappa shape index (κ3) is 4.08. The minimum atomic E-state index is 0.409. The van der Waals surface area contributed by atoms with E-state index in [9.17, 15) is 0 Å². The number of rotatable bonds is 6. The molecular formula is C17H30N4. The summed E-state index contributed by atoms with van der Waals surface area (Å²) < 4.78 is 0. The summed E-state index contributed by atoms with van der Waals surface area (Å²) in [7, 11) is 0. The lowest BCUT2D eigenvalue weighted by Gasteiger charge is -2.29. The third-order valence-corrected chi connectivity index (χ3v) is 4.63. The maximum Gasteiger partial charge on any atom is 0.134 e. The third-order valence-electron chi connectivity index (χ3n) is 4.63. The van der Waals surface area contributed by atoms with E-state index < -0.39 is 0 Å². The lowest BCUT2D eigenvalue weighted by Crippen LogP contribution is -2.25. The fourth-order valence-electron chi connectivity index (χ4n) is 3.32. The van der Waals surface area contributed by atoms with Crippen LogP contribution in [0, 0.1) is 11.8 Å². The van der Waals surface area contributed by atoms with Crippen LogP contribution in [-0.2, 0) is 0 Å². The molecule has 1 aromatic rings. The van der Waals surface area contributed by atoms with Crippen molar-refractivity contribution >= 4 is 11.6 Å². The van der Waals surface area contributed by atoms with E-state index in [0.29, 0.717) is 5.92 Å². The second kappa shape index (κ2) is 7.62. The highest BCUT2D eigenvalue weighted by molar-refractivity contribution is 5.58. The number of anilines is 2. The van der Waals surface area contributed by atoms with E-state index in [1.165, 1.54) is 31.2 Å². The zero-order valence-corrected chi connectivity index (χ0v) is 13.9. The Bertz CT molecular complexity index is 444. The first-order valence-electron chi connectivity index (χ1n) is 8.46. The Morgan fingerprint density at radius 3 is 2.43 bits per heavy atom. The summed E-state index contributed by atoms with van der Waals surface area (Å²) in [6.07, 6.45) is 7.15. The minimum absolute atomic E-state index is 0.409. The van der Waals surface area contributed by atoms with Gasteiger partial charge in [-0.3, -0.25) is 0 Å². The van der Waals surface area contributed by atoms with Gasteiger partial charge in [-0.1, -0.05) is 40.0 Å². The highest BCUT2D eigenvalue weighted by Gasteiger charge is 2.22. The number of nitrogens with one attached hydrogen (secondary N) is 2. The predicted octanol–water partition coefficient (Wildman–Crippen LogP) is 4.27. The van der Waals surface area contributed by atoms with Crippen molar-refractivity contribution in [2.45, 2.75) is 59.3 Å². The van der Waals surface area contributed by atoms with Gasteiger partial charge in [0.2, 0.25) is 0 Å². The van der Waals surface area contributed by atoms with Crippen LogP contribution in [0.3, 0.4) is 0 Å². The fraction of sp³-hybridized carbons (Fsp3) is 0.765. The van der Waals surface area contributed by atoms with Crippen molar-refractivity contribution in [3.05, 3.63) is 11.9 Å². The molecule has 118 valence electrons. The van der Waals surface area contributed by atoms with Crippen LogP contribution in [0.4, 0.5) is 11.6 Å². The normalized spacial score (nSPS) is 22.3. The Morgan fingerprint density at radius 2 is 1.81 bits per heavy atom. The van der Waals surface area contributed by atoms with Gasteiger partial charge < -0.3 is 10.6 Å². The van der Waals surface area contributed by atoms with Gasteiger partial charge in [-0.25, -0.2) is 9.97 Å². The lowest BCUT2D eigenvalue weighted by atomic mass is 9.80. The van der Waals surface area contributed by atoms with Gasteiger partial charge in [0.1, 0.15) is 18.0 Å². The SMILES string of the molecule is CCNc1ncnc(NCC2CCCCC2C)c1C(C)C. The van der Waals surface area contributed by atoms with Gasteiger partial charge in [-0.05, 0) is 31.1 Å². The van der Waals surface area contributed by atoms with Gasteiger partial charge in [0.25, 0.3) is 0 Å². The van der Waals surface area contributed by atoms with Gasteiger partial charge in [0.15, 0.2) is 0 Å². The number of aromatic nitrogens is 2. The summed E-state index contributed by atoms with van der Waals surface area (Å²) >= 11 is 0. The molecule has 2 rings (SSSR count). The van der Waals surface area contributed by atoms with Gasteiger partial charge in [-0.15, -0.1) is 0 Å². The van der Waals surface area contributed by atoms with E-state index in [1.54, 1.807) is 6.33 Å². The summed E-state index contributed by atoms with van der Waals surface area (Å²) in [4.78, 5) is 8.89. The molecule has 2 unspecified atom stereocenters. The molecule has 4 nitrogen and oxygen atoms in total. The molecule has 0 radical (unpaired) electrons. The molecule has 1 aliphatic carbocycles. The Labute approximate surface area is 129 Å². The molecule has 0 saturated heterocycles. The largest absolute Gasteiger partial charge is 0.370 e. The van der Waals surface area contributed by atoms with Crippen molar-refractivity contribution in [2.75, 3.05) is 23.7 Å². The Balaban J connectivity index is 2.09. The maximum absolute atomic E-state index is 4.49. The molecule has 1 heterocycles. The van der Waals surface area contributed by atoms with Gasteiger partial charge in [0.05, 0.1) is 0 Å². The lowest BCUT2D eigenvalue weighted by molar-refractivity contribution is 0.268. The summed E-state index contributed by atoms with van der Waals surface area (Å²) in [6, 6.07) is 0. The van der Waals surface area contributed by atoms with E-state index in [2.05, 4.69) is 48.3 Å². The fourth-order valence-corrected chi connectivity index (χ4v) is 3.32.